The van der Waals surface area contributed by atoms with Crippen molar-refractivity contribution in [3.63, 3.8) is 0 Å². The van der Waals surface area contributed by atoms with Crippen molar-refractivity contribution in [3.05, 3.63) is 56.7 Å². The second-order valence-electron chi connectivity index (χ2n) is 3.28. The molecule has 0 atom stereocenters. The largest absolute Gasteiger partial charge is 0.437 e. The topological polar surface area (TPSA) is 65.3 Å². The van der Waals surface area contributed by atoms with Crippen molar-refractivity contribution in [2.45, 2.75) is 0 Å². The van der Waals surface area contributed by atoms with Crippen molar-refractivity contribution in [3.8, 4) is 11.6 Å². The number of benzene rings is 1. The average molecular weight is 285 g/mol. The number of nitro groups is 1. The van der Waals surface area contributed by atoms with Gasteiger partial charge in [-0.3, -0.25) is 10.1 Å². The Kier molecular flexibility index (Phi) is 3.64. The molecule has 0 aliphatic rings. The van der Waals surface area contributed by atoms with Gasteiger partial charge in [-0.05, 0) is 12.1 Å². The smallest absolute Gasteiger partial charge is 0.277 e. The Labute approximate surface area is 112 Å². The summed E-state index contributed by atoms with van der Waals surface area (Å²) < 4.78 is 5.35. The Morgan fingerprint density at radius 1 is 1.22 bits per heavy atom. The highest BCUT2D eigenvalue weighted by atomic mass is 35.5. The van der Waals surface area contributed by atoms with Crippen LogP contribution in [0, 0.1) is 10.1 Å². The van der Waals surface area contributed by atoms with Gasteiger partial charge in [0.15, 0.2) is 0 Å². The van der Waals surface area contributed by atoms with E-state index in [4.69, 9.17) is 27.9 Å². The molecule has 0 fully saturated rings. The van der Waals surface area contributed by atoms with Gasteiger partial charge >= 0.3 is 0 Å². The standard InChI is InChI=1S/C11H6Cl2N2O3/c12-8-3-1-2-4-9(8)18-11-6-7(15(16)17)5-10(13)14-11/h1-6H. The summed E-state index contributed by atoms with van der Waals surface area (Å²) in [6.45, 7) is 0. The number of hydrogen-bond acceptors (Lipinski definition) is 4. The predicted octanol–water partition coefficient (Wildman–Crippen LogP) is 4.09. The van der Waals surface area contributed by atoms with Gasteiger partial charge in [0.1, 0.15) is 10.9 Å². The van der Waals surface area contributed by atoms with Crippen molar-refractivity contribution in [1.82, 2.24) is 4.98 Å². The molecule has 0 radical (unpaired) electrons. The molecule has 0 bridgehead atoms. The zero-order chi connectivity index (χ0) is 13.1. The summed E-state index contributed by atoms with van der Waals surface area (Å²) in [5.74, 6) is 0.366. The van der Waals surface area contributed by atoms with Gasteiger partial charge in [-0.1, -0.05) is 35.3 Å². The lowest BCUT2D eigenvalue weighted by Crippen LogP contribution is -1.93. The monoisotopic (exact) mass is 284 g/mol. The Bertz CT molecular complexity index is 605. The predicted molar refractivity (Wildman–Crippen MR) is 67.4 cm³/mol. The zero-order valence-corrected chi connectivity index (χ0v) is 10.4. The van der Waals surface area contributed by atoms with E-state index in [9.17, 15) is 10.1 Å². The van der Waals surface area contributed by atoms with Gasteiger partial charge in [0.2, 0.25) is 5.88 Å². The Morgan fingerprint density at radius 3 is 2.61 bits per heavy atom. The van der Waals surface area contributed by atoms with Crippen molar-refractivity contribution < 1.29 is 9.66 Å². The molecule has 0 aliphatic heterocycles. The zero-order valence-electron chi connectivity index (χ0n) is 8.84. The fourth-order valence-electron chi connectivity index (χ4n) is 1.26. The van der Waals surface area contributed by atoms with Crippen molar-refractivity contribution in [1.29, 1.82) is 0 Å². The lowest BCUT2D eigenvalue weighted by molar-refractivity contribution is -0.385. The third-order valence-electron chi connectivity index (χ3n) is 2.02. The SMILES string of the molecule is O=[N+]([O-])c1cc(Cl)nc(Oc2ccccc2Cl)c1. The molecule has 0 aliphatic carbocycles. The summed E-state index contributed by atoms with van der Waals surface area (Å²) in [6.07, 6.45) is 0. The highest BCUT2D eigenvalue weighted by molar-refractivity contribution is 6.32. The van der Waals surface area contributed by atoms with Crippen LogP contribution in [0.4, 0.5) is 5.69 Å². The van der Waals surface area contributed by atoms with E-state index < -0.39 is 4.92 Å². The third-order valence-corrected chi connectivity index (χ3v) is 2.52. The molecule has 92 valence electrons. The fourth-order valence-corrected chi connectivity index (χ4v) is 1.63. The van der Waals surface area contributed by atoms with Gasteiger partial charge < -0.3 is 4.74 Å². The molecule has 0 spiro atoms. The first-order chi connectivity index (χ1) is 8.56. The third kappa shape index (κ3) is 2.88. The summed E-state index contributed by atoms with van der Waals surface area (Å²) in [5.41, 5.74) is -0.197. The summed E-state index contributed by atoms with van der Waals surface area (Å²) in [5, 5.41) is 11.0. The van der Waals surface area contributed by atoms with Crippen LogP contribution >= 0.6 is 23.2 Å². The van der Waals surface area contributed by atoms with Gasteiger partial charge in [-0.2, -0.15) is 0 Å². The van der Waals surface area contributed by atoms with Crippen LogP contribution in [-0.4, -0.2) is 9.91 Å². The van der Waals surface area contributed by atoms with Crippen LogP contribution in [0.3, 0.4) is 0 Å². The molecule has 7 heteroatoms. The van der Waals surface area contributed by atoms with E-state index in [2.05, 4.69) is 4.98 Å². The number of para-hydroxylation sites is 1. The van der Waals surface area contributed by atoms with Crippen molar-refractivity contribution in [2.24, 2.45) is 0 Å². The number of aromatic nitrogens is 1. The van der Waals surface area contributed by atoms with Gasteiger partial charge in [0, 0.05) is 0 Å². The van der Waals surface area contributed by atoms with Crippen molar-refractivity contribution >= 4 is 28.9 Å². The molecule has 18 heavy (non-hydrogen) atoms. The van der Waals surface area contributed by atoms with E-state index in [1.54, 1.807) is 24.3 Å². The molecule has 0 saturated carbocycles. The van der Waals surface area contributed by atoms with Crippen LogP contribution in [0.15, 0.2) is 36.4 Å². The van der Waals surface area contributed by atoms with E-state index in [1.807, 2.05) is 0 Å². The highest BCUT2D eigenvalue weighted by Crippen LogP contribution is 2.30. The number of pyridine rings is 1. The minimum Gasteiger partial charge on any atom is -0.437 e. The summed E-state index contributed by atoms with van der Waals surface area (Å²) in [6, 6.07) is 9.03. The number of rotatable bonds is 3. The molecule has 0 amide bonds. The number of halogens is 2. The van der Waals surface area contributed by atoms with Crippen molar-refractivity contribution in [2.75, 3.05) is 0 Å². The lowest BCUT2D eigenvalue weighted by Gasteiger charge is -2.06. The highest BCUT2D eigenvalue weighted by Gasteiger charge is 2.12. The van der Waals surface area contributed by atoms with Crippen LogP contribution in [0.25, 0.3) is 0 Å². The Balaban J connectivity index is 2.35. The van der Waals surface area contributed by atoms with Crippen LogP contribution in [0.5, 0.6) is 11.6 Å². The van der Waals surface area contributed by atoms with Crippen LogP contribution in [-0.2, 0) is 0 Å². The lowest BCUT2D eigenvalue weighted by atomic mass is 10.3. The maximum atomic E-state index is 10.7. The first-order valence-corrected chi connectivity index (χ1v) is 5.56. The van der Waals surface area contributed by atoms with Gasteiger partial charge in [0.05, 0.1) is 22.1 Å². The molecule has 0 N–H and O–H groups in total. The normalized spacial score (nSPS) is 10.1. The van der Waals surface area contributed by atoms with Crippen LogP contribution < -0.4 is 4.74 Å². The molecule has 1 aromatic heterocycles. The van der Waals surface area contributed by atoms with Gasteiger partial charge in [-0.15, -0.1) is 0 Å². The van der Waals surface area contributed by atoms with E-state index >= 15 is 0 Å². The molecular formula is C11H6Cl2N2O3. The molecule has 1 heterocycles. The number of nitrogens with zero attached hydrogens (tertiary/aromatic N) is 2. The number of ether oxygens (including phenoxy) is 1. The minimum absolute atomic E-state index is 0.0160. The first kappa shape index (κ1) is 12.6. The molecule has 0 saturated heterocycles. The first-order valence-electron chi connectivity index (χ1n) is 4.80. The molecule has 2 rings (SSSR count). The fraction of sp³-hybridized carbons (Fsp3) is 0. The Morgan fingerprint density at radius 2 is 1.94 bits per heavy atom. The minimum atomic E-state index is -0.576. The van der Waals surface area contributed by atoms with Gasteiger partial charge in [-0.25, -0.2) is 4.98 Å². The molecule has 2 aromatic rings. The summed E-state index contributed by atoms with van der Waals surface area (Å²) in [7, 11) is 0. The van der Waals surface area contributed by atoms with E-state index in [0.29, 0.717) is 10.8 Å². The summed E-state index contributed by atoms with van der Waals surface area (Å²) >= 11 is 11.6. The molecular weight excluding hydrogens is 279 g/mol. The maximum absolute atomic E-state index is 10.7. The molecule has 1 aromatic carbocycles. The Hall–Kier alpha value is -1.85. The average Bonchev–Trinajstić information content (AvgIpc) is 2.31. The maximum Gasteiger partial charge on any atom is 0.277 e. The molecule has 5 nitrogen and oxygen atoms in total. The second kappa shape index (κ2) is 5.20. The van der Waals surface area contributed by atoms with E-state index in [0.717, 1.165) is 6.07 Å². The van der Waals surface area contributed by atoms with E-state index in [1.165, 1.54) is 6.07 Å². The van der Waals surface area contributed by atoms with Gasteiger partial charge in [0.25, 0.3) is 5.69 Å². The van der Waals surface area contributed by atoms with Crippen LogP contribution in [0.1, 0.15) is 0 Å². The quantitative estimate of drug-likeness (QED) is 0.484. The molecule has 0 unspecified atom stereocenters. The second-order valence-corrected chi connectivity index (χ2v) is 4.07. The number of hydrogen-bond donors (Lipinski definition) is 0. The van der Waals surface area contributed by atoms with Crippen LogP contribution in [0.2, 0.25) is 10.2 Å². The van der Waals surface area contributed by atoms with E-state index in [-0.39, 0.29) is 16.7 Å². The summed E-state index contributed by atoms with van der Waals surface area (Å²) in [4.78, 5) is 13.9.